The molecule has 1 aromatic carbocycles. The summed E-state index contributed by atoms with van der Waals surface area (Å²) in [5.74, 6) is -1.75. The summed E-state index contributed by atoms with van der Waals surface area (Å²) >= 11 is 0. The molecule has 130 valence electrons. The van der Waals surface area contributed by atoms with Gasteiger partial charge in [-0.25, -0.2) is 0 Å². The normalized spacial score (nSPS) is 19.1. The third-order valence-corrected chi connectivity index (χ3v) is 4.70. The third kappa shape index (κ3) is 2.71. The molecule has 0 saturated heterocycles. The van der Waals surface area contributed by atoms with E-state index in [2.05, 4.69) is 22.1 Å². The fourth-order valence-electron chi connectivity index (χ4n) is 3.48. The molecule has 3 rings (SSSR count). The summed E-state index contributed by atoms with van der Waals surface area (Å²) < 4.78 is 0. The van der Waals surface area contributed by atoms with Gasteiger partial charge in [-0.1, -0.05) is 13.0 Å². The Hall–Kier alpha value is -2.96. The number of ketones is 1. The average molecular weight is 341 g/mol. The zero-order valence-electron chi connectivity index (χ0n) is 14.0. The molecule has 7 nitrogen and oxygen atoms in total. The number of hydrogen-bond donors (Lipinski definition) is 2. The van der Waals surface area contributed by atoms with E-state index in [9.17, 15) is 14.4 Å². The van der Waals surface area contributed by atoms with Crippen LogP contribution >= 0.6 is 0 Å². The van der Waals surface area contributed by atoms with E-state index in [0.29, 0.717) is 23.2 Å². The molecule has 25 heavy (non-hydrogen) atoms. The van der Waals surface area contributed by atoms with Crippen molar-refractivity contribution in [1.29, 1.82) is 0 Å². The fourth-order valence-corrected chi connectivity index (χ4v) is 3.48. The number of hydrogen-bond acceptors (Lipinski definition) is 5. The molecule has 0 aromatic heterocycles. The Balaban J connectivity index is 2.25. The SMILES string of the molecule is CCC(C)N1C2=CN=CC(=O)C2c2c1ccc(CC(=O)O)c2NC=O. The van der Waals surface area contributed by atoms with E-state index in [4.69, 9.17) is 5.11 Å². The molecular formula is C18H19N3O4. The van der Waals surface area contributed by atoms with E-state index >= 15 is 0 Å². The number of rotatable bonds is 6. The summed E-state index contributed by atoms with van der Waals surface area (Å²) in [6.07, 6.45) is 4.07. The lowest BCUT2D eigenvalue weighted by Crippen LogP contribution is -2.32. The van der Waals surface area contributed by atoms with Gasteiger partial charge in [0, 0.05) is 23.5 Å². The van der Waals surface area contributed by atoms with Crippen molar-refractivity contribution >= 4 is 35.8 Å². The van der Waals surface area contributed by atoms with E-state index < -0.39 is 11.9 Å². The van der Waals surface area contributed by atoms with E-state index in [1.807, 2.05) is 13.0 Å². The number of carbonyl (C=O) groups is 3. The van der Waals surface area contributed by atoms with Crippen molar-refractivity contribution < 1.29 is 19.5 Å². The molecule has 2 atom stereocenters. The number of carboxylic acids is 1. The minimum atomic E-state index is -1.00. The Labute approximate surface area is 145 Å². The molecule has 2 aliphatic rings. The summed E-state index contributed by atoms with van der Waals surface area (Å²) in [4.78, 5) is 40.9. The second kappa shape index (κ2) is 6.51. The van der Waals surface area contributed by atoms with Gasteiger partial charge in [-0.2, -0.15) is 0 Å². The summed E-state index contributed by atoms with van der Waals surface area (Å²) in [7, 11) is 0. The van der Waals surface area contributed by atoms with E-state index in [0.717, 1.165) is 17.8 Å². The molecule has 0 fully saturated rings. The summed E-state index contributed by atoms with van der Waals surface area (Å²) in [6, 6.07) is 3.64. The number of benzene rings is 1. The van der Waals surface area contributed by atoms with Gasteiger partial charge in [0.05, 0.1) is 29.9 Å². The first-order chi connectivity index (χ1) is 12.0. The van der Waals surface area contributed by atoms with Crippen LogP contribution in [0.15, 0.2) is 29.0 Å². The Morgan fingerprint density at radius 2 is 2.24 bits per heavy atom. The van der Waals surface area contributed by atoms with Gasteiger partial charge in [-0.15, -0.1) is 0 Å². The van der Waals surface area contributed by atoms with Gasteiger partial charge in [-0.3, -0.25) is 19.4 Å². The maximum Gasteiger partial charge on any atom is 0.307 e. The maximum atomic E-state index is 12.5. The lowest BCUT2D eigenvalue weighted by atomic mass is 9.90. The molecule has 7 heteroatoms. The van der Waals surface area contributed by atoms with Crippen LogP contribution in [0, 0.1) is 0 Å². The van der Waals surface area contributed by atoms with Crippen LogP contribution in [0.25, 0.3) is 0 Å². The highest BCUT2D eigenvalue weighted by Gasteiger charge is 2.42. The van der Waals surface area contributed by atoms with E-state index in [-0.39, 0.29) is 18.2 Å². The van der Waals surface area contributed by atoms with Crippen molar-refractivity contribution in [2.45, 2.75) is 38.6 Å². The number of nitrogens with zero attached hydrogens (tertiary/aromatic N) is 2. The number of carboxylic acid groups (broad SMARTS) is 1. The van der Waals surface area contributed by atoms with Crippen molar-refractivity contribution in [3.63, 3.8) is 0 Å². The lowest BCUT2D eigenvalue weighted by molar-refractivity contribution is -0.136. The number of allylic oxidation sites excluding steroid dienone is 1. The van der Waals surface area contributed by atoms with E-state index in [1.54, 1.807) is 12.3 Å². The molecule has 0 radical (unpaired) electrons. The summed E-state index contributed by atoms with van der Waals surface area (Å²) in [5, 5.41) is 11.8. The van der Waals surface area contributed by atoms with Crippen LogP contribution in [0.2, 0.25) is 0 Å². The predicted octanol–water partition coefficient (Wildman–Crippen LogP) is 2.08. The van der Waals surface area contributed by atoms with Crippen LogP contribution in [0.3, 0.4) is 0 Å². The number of carbonyl (C=O) groups excluding carboxylic acids is 2. The molecule has 0 spiro atoms. The maximum absolute atomic E-state index is 12.5. The second-order valence-electron chi connectivity index (χ2n) is 6.16. The van der Waals surface area contributed by atoms with Crippen molar-refractivity contribution in [3.8, 4) is 0 Å². The molecule has 0 bridgehead atoms. The van der Waals surface area contributed by atoms with Crippen molar-refractivity contribution in [3.05, 3.63) is 35.2 Å². The number of aliphatic carboxylic acids is 1. The smallest absolute Gasteiger partial charge is 0.307 e. The summed E-state index contributed by atoms with van der Waals surface area (Å²) in [6.45, 7) is 4.10. The predicted molar refractivity (Wildman–Crippen MR) is 94.0 cm³/mol. The number of fused-ring (bicyclic) bond motifs is 3. The highest BCUT2D eigenvalue weighted by molar-refractivity contribution is 6.33. The van der Waals surface area contributed by atoms with E-state index in [1.165, 1.54) is 6.21 Å². The second-order valence-corrected chi connectivity index (χ2v) is 6.16. The molecule has 0 saturated carbocycles. The zero-order chi connectivity index (χ0) is 18.1. The van der Waals surface area contributed by atoms with Gasteiger partial charge in [0.2, 0.25) is 6.41 Å². The monoisotopic (exact) mass is 341 g/mol. The molecule has 0 aliphatic carbocycles. The molecule has 1 aromatic rings. The Bertz CT molecular complexity index is 813. The number of anilines is 2. The first-order valence-electron chi connectivity index (χ1n) is 8.13. The minimum absolute atomic E-state index is 0.130. The zero-order valence-corrected chi connectivity index (χ0v) is 14.0. The summed E-state index contributed by atoms with van der Waals surface area (Å²) in [5.41, 5.74) is 3.09. The molecule has 2 heterocycles. The van der Waals surface area contributed by atoms with Gasteiger partial charge in [-0.05, 0) is 25.0 Å². The number of nitrogens with one attached hydrogen (secondary N) is 1. The van der Waals surface area contributed by atoms with Crippen molar-refractivity contribution in [1.82, 2.24) is 0 Å². The Kier molecular flexibility index (Phi) is 4.39. The Morgan fingerprint density at radius 1 is 1.48 bits per heavy atom. The molecule has 2 N–H and O–H groups in total. The minimum Gasteiger partial charge on any atom is -0.481 e. The van der Waals surface area contributed by atoms with Crippen molar-refractivity contribution in [2.24, 2.45) is 4.99 Å². The van der Waals surface area contributed by atoms with Gasteiger partial charge >= 0.3 is 5.97 Å². The topological polar surface area (TPSA) is 99.1 Å². The highest BCUT2D eigenvalue weighted by atomic mass is 16.4. The first kappa shape index (κ1) is 16.9. The standard InChI is InChI=1S/C18H19N3O4/c1-3-10(2)21-12-5-4-11(6-15(24)25)18(20-9-22)17(12)16-13(21)7-19-8-14(16)23/h4-5,7-10,16H,3,6H2,1-2H3,(H,20,22)(H,24,25). The lowest BCUT2D eigenvalue weighted by Gasteiger charge is -2.29. The van der Waals surface area contributed by atoms with Crippen molar-refractivity contribution in [2.75, 3.05) is 10.2 Å². The fraction of sp³-hybridized carbons (Fsp3) is 0.333. The number of aliphatic imine (C=N–C) groups is 1. The Morgan fingerprint density at radius 3 is 2.88 bits per heavy atom. The molecular weight excluding hydrogens is 322 g/mol. The average Bonchev–Trinajstić information content (AvgIpc) is 2.91. The van der Waals surface area contributed by atoms with Crippen LogP contribution in [-0.2, 0) is 20.8 Å². The highest BCUT2D eigenvalue weighted by Crippen LogP contribution is 2.50. The largest absolute Gasteiger partial charge is 0.481 e. The first-order valence-corrected chi connectivity index (χ1v) is 8.13. The van der Waals surface area contributed by atoms with Crippen LogP contribution < -0.4 is 10.2 Å². The van der Waals surface area contributed by atoms with Gasteiger partial charge in [0.25, 0.3) is 0 Å². The van der Waals surface area contributed by atoms with Crippen LogP contribution in [0.1, 0.15) is 37.3 Å². The molecule has 2 unspecified atom stereocenters. The van der Waals surface area contributed by atoms with Gasteiger partial charge < -0.3 is 15.3 Å². The van der Waals surface area contributed by atoms with Crippen LogP contribution in [0.5, 0.6) is 0 Å². The van der Waals surface area contributed by atoms with Crippen LogP contribution in [0.4, 0.5) is 11.4 Å². The van der Waals surface area contributed by atoms with Crippen LogP contribution in [-0.4, -0.2) is 35.5 Å². The number of amides is 1. The third-order valence-electron chi connectivity index (χ3n) is 4.70. The molecule has 2 aliphatic heterocycles. The molecule has 1 amide bonds. The van der Waals surface area contributed by atoms with Gasteiger partial charge in [0.15, 0.2) is 5.78 Å². The quantitative estimate of drug-likeness (QED) is 0.772. The van der Waals surface area contributed by atoms with Gasteiger partial charge in [0.1, 0.15) is 0 Å². The number of Topliss-reactive ketones (excluding diaryl/α,β-unsaturated/α-hetero) is 1.